The highest BCUT2D eigenvalue weighted by Gasteiger charge is 2.16. The summed E-state index contributed by atoms with van der Waals surface area (Å²) in [4.78, 5) is 28.1. The zero-order valence-corrected chi connectivity index (χ0v) is 11.7. The normalized spacial score (nSPS) is 10.0. The minimum atomic E-state index is -1.02. The first-order chi connectivity index (χ1) is 9.99. The molecule has 0 aliphatic rings. The van der Waals surface area contributed by atoms with Gasteiger partial charge in [-0.05, 0) is 49.2 Å². The van der Waals surface area contributed by atoms with E-state index in [-0.39, 0.29) is 5.56 Å². The highest BCUT2D eigenvalue weighted by atomic mass is 16.7. The van der Waals surface area contributed by atoms with Gasteiger partial charge in [-0.25, -0.2) is 15.1 Å². The maximum absolute atomic E-state index is 12.0. The monoisotopic (exact) mass is 285 g/mol. The Kier molecular flexibility index (Phi) is 4.23. The van der Waals surface area contributed by atoms with Gasteiger partial charge in [0.15, 0.2) is 0 Å². The van der Waals surface area contributed by atoms with Gasteiger partial charge in [-0.15, -0.1) is 0 Å². The Hall–Kier alpha value is -2.82. The van der Waals surface area contributed by atoms with E-state index < -0.39 is 11.9 Å². The van der Waals surface area contributed by atoms with Crippen molar-refractivity contribution >= 4 is 17.6 Å². The Balaban J connectivity index is 2.16. The van der Waals surface area contributed by atoms with Crippen molar-refractivity contribution in [2.24, 2.45) is 0 Å². The average molecular weight is 285 g/mol. The van der Waals surface area contributed by atoms with E-state index in [1.165, 1.54) is 12.1 Å². The van der Waals surface area contributed by atoms with Crippen molar-refractivity contribution in [3.05, 3.63) is 64.7 Å². The van der Waals surface area contributed by atoms with E-state index in [0.717, 1.165) is 0 Å². The van der Waals surface area contributed by atoms with Gasteiger partial charge in [0, 0.05) is 0 Å². The molecule has 0 radical (unpaired) electrons. The molecule has 0 spiro atoms. The Labute approximate surface area is 122 Å². The van der Waals surface area contributed by atoms with Crippen molar-refractivity contribution in [1.29, 1.82) is 0 Å². The number of nitrogens with one attached hydrogen (secondary N) is 1. The van der Waals surface area contributed by atoms with Crippen molar-refractivity contribution in [2.45, 2.75) is 13.8 Å². The summed E-state index contributed by atoms with van der Waals surface area (Å²) in [5.74, 6) is -1.57. The fourth-order valence-electron chi connectivity index (χ4n) is 1.93. The third-order valence-electron chi connectivity index (χ3n) is 3.06. The number of carbonyl (C=O) groups excluding carboxylic acids is 1. The van der Waals surface area contributed by atoms with Crippen molar-refractivity contribution in [2.75, 3.05) is 5.48 Å². The van der Waals surface area contributed by atoms with Gasteiger partial charge in [0.2, 0.25) is 0 Å². The van der Waals surface area contributed by atoms with E-state index in [1.54, 1.807) is 26.0 Å². The number of aryl methyl sites for hydroxylation is 2. The van der Waals surface area contributed by atoms with Crippen LogP contribution in [-0.2, 0) is 4.84 Å². The van der Waals surface area contributed by atoms with Gasteiger partial charge in [-0.2, -0.15) is 0 Å². The summed E-state index contributed by atoms with van der Waals surface area (Å²) in [6.07, 6.45) is 0. The lowest BCUT2D eigenvalue weighted by Gasteiger charge is -2.10. The molecular weight excluding hydrogens is 270 g/mol. The average Bonchev–Trinajstić information content (AvgIpc) is 2.47. The molecule has 0 atom stereocenters. The smallest absolute Gasteiger partial charge is 0.363 e. The zero-order chi connectivity index (χ0) is 15.4. The molecule has 2 rings (SSSR count). The molecule has 0 aliphatic carbocycles. The van der Waals surface area contributed by atoms with E-state index >= 15 is 0 Å². The Morgan fingerprint density at radius 2 is 1.57 bits per heavy atom. The van der Waals surface area contributed by atoms with Gasteiger partial charge in [0.1, 0.15) is 0 Å². The lowest BCUT2D eigenvalue weighted by Crippen LogP contribution is -2.13. The van der Waals surface area contributed by atoms with Crippen LogP contribution in [0.4, 0.5) is 5.69 Å². The lowest BCUT2D eigenvalue weighted by molar-refractivity contribution is 0.0593. The van der Waals surface area contributed by atoms with Gasteiger partial charge >= 0.3 is 11.9 Å². The molecule has 2 aromatic rings. The van der Waals surface area contributed by atoms with E-state index in [9.17, 15) is 9.59 Å². The highest BCUT2D eigenvalue weighted by Crippen LogP contribution is 2.17. The number of anilines is 1. The zero-order valence-electron chi connectivity index (χ0n) is 11.7. The fraction of sp³-hybridized carbons (Fsp3) is 0.125. The number of benzene rings is 2. The van der Waals surface area contributed by atoms with Crippen LogP contribution in [0.1, 0.15) is 31.8 Å². The first-order valence-corrected chi connectivity index (χ1v) is 6.36. The molecule has 5 heteroatoms. The van der Waals surface area contributed by atoms with E-state index in [1.807, 2.05) is 18.2 Å². The van der Waals surface area contributed by atoms with Crippen LogP contribution in [0, 0.1) is 13.8 Å². The number of carboxylic acids is 1. The van der Waals surface area contributed by atoms with Gasteiger partial charge in [-0.1, -0.05) is 18.2 Å². The molecule has 0 amide bonds. The number of rotatable bonds is 4. The van der Waals surface area contributed by atoms with Crippen LogP contribution < -0.4 is 5.48 Å². The minimum Gasteiger partial charge on any atom is -0.478 e. The summed E-state index contributed by atoms with van der Waals surface area (Å²) >= 11 is 0. The number of aromatic carboxylic acids is 1. The molecule has 0 fully saturated rings. The summed E-state index contributed by atoms with van der Waals surface area (Å²) in [6.45, 7) is 3.31. The topological polar surface area (TPSA) is 75.6 Å². The maximum Gasteiger partial charge on any atom is 0.363 e. The SMILES string of the molecule is Cc1cc(C(=O)ONc2ccccc2)c(C)cc1C(=O)O. The molecule has 0 unspecified atom stereocenters. The van der Waals surface area contributed by atoms with E-state index in [4.69, 9.17) is 9.94 Å². The van der Waals surface area contributed by atoms with Crippen LogP contribution in [0.2, 0.25) is 0 Å². The summed E-state index contributed by atoms with van der Waals surface area (Å²) in [5.41, 5.74) is 4.80. The molecule has 21 heavy (non-hydrogen) atoms. The fourth-order valence-corrected chi connectivity index (χ4v) is 1.93. The van der Waals surface area contributed by atoms with Crippen LogP contribution in [-0.4, -0.2) is 17.0 Å². The molecule has 5 nitrogen and oxygen atoms in total. The summed E-state index contributed by atoms with van der Waals surface area (Å²) < 4.78 is 0. The predicted octanol–water partition coefficient (Wildman–Crippen LogP) is 3.19. The third kappa shape index (κ3) is 3.39. The molecule has 2 aromatic carbocycles. The Morgan fingerprint density at radius 3 is 2.19 bits per heavy atom. The quantitative estimate of drug-likeness (QED) is 0.844. The van der Waals surface area contributed by atoms with Crippen LogP contribution >= 0.6 is 0 Å². The third-order valence-corrected chi connectivity index (χ3v) is 3.06. The number of carbonyl (C=O) groups is 2. The predicted molar refractivity (Wildman–Crippen MR) is 78.4 cm³/mol. The van der Waals surface area contributed by atoms with Crippen LogP contribution in [0.5, 0.6) is 0 Å². The molecule has 108 valence electrons. The van der Waals surface area contributed by atoms with Crippen LogP contribution in [0.25, 0.3) is 0 Å². The standard InChI is InChI=1S/C16H15NO4/c1-10-9-14(11(2)8-13(10)15(18)19)16(20)21-17-12-6-4-3-5-7-12/h3-9,17H,1-2H3,(H,18,19). The molecule has 0 aromatic heterocycles. The van der Waals surface area contributed by atoms with Crippen molar-refractivity contribution < 1.29 is 19.5 Å². The highest BCUT2D eigenvalue weighted by molar-refractivity contribution is 5.95. The summed E-state index contributed by atoms with van der Waals surface area (Å²) in [5, 5.41) is 9.04. The Morgan fingerprint density at radius 1 is 1.00 bits per heavy atom. The summed E-state index contributed by atoms with van der Waals surface area (Å²) in [7, 11) is 0. The van der Waals surface area contributed by atoms with Gasteiger partial charge in [0.25, 0.3) is 0 Å². The second kappa shape index (κ2) is 6.09. The first kappa shape index (κ1) is 14.6. The molecule has 0 saturated carbocycles. The second-order valence-corrected chi connectivity index (χ2v) is 4.64. The van der Waals surface area contributed by atoms with E-state index in [0.29, 0.717) is 22.4 Å². The van der Waals surface area contributed by atoms with Gasteiger partial charge in [-0.3, -0.25) is 0 Å². The van der Waals surface area contributed by atoms with Gasteiger partial charge in [0.05, 0.1) is 16.8 Å². The first-order valence-electron chi connectivity index (χ1n) is 6.36. The number of hydrogen-bond acceptors (Lipinski definition) is 4. The van der Waals surface area contributed by atoms with Crippen molar-refractivity contribution in [3.8, 4) is 0 Å². The number of carboxylic acid groups (broad SMARTS) is 1. The Bertz CT molecular complexity index is 680. The van der Waals surface area contributed by atoms with Crippen molar-refractivity contribution in [3.63, 3.8) is 0 Å². The molecular formula is C16H15NO4. The molecule has 0 bridgehead atoms. The number of para-hydroxylation sites is 1. The number of hydrogen-bond donors (Lipinski definition) is 2. The summed E-state index contributed by atoms with van der Waals surface area (Å²) in [6, 6.07) is 12.0. The van der Waals surface area contributed by atoms with Crippen molar-refractivity contribution in [1.82, 2.24) is 0 Å². The minimum absolute atomic E-state index is 0.181. The molecule has 0 heterocycles. The molecule has 0 aliphatic heterocycles. The lowest BCUT2D eigenvalue weighted by atomic mass is 10.00. The second-order valence-electron chi connectivity index (χ2n) is 4.64. The largest absolute Gasteiger partial charge is 0.478 e. The van der Waals surface area contributed by atoms with Crippen LogP contribution in [0.15, 0.2) is 42.5 Å². The molecule has 0 saturated heterocycles. The molecule has 2 N–H and O–H groups in total. The van der Waals surface area contributed by atoms with Gasteiger partial charge < -0.3 is 9.94 Å². The van der Waals surface area contributed by atoms with Crippen LogP contribution in [0.3, 0.4) is 0 Å². The van der Waals surface area contributed by atoms with E-state index in [2.05, 4.69) is 5.48 Å². The maximum atomic E-state index is 12.0.